The number of hydrogen-bond acceptors (Lipinski definition) is 3. The molecule has 5 nitrogen and oxygen atoms in total. The first kappa shape index (κ1) is 21.5. The average Bonchev–Trinajstić information content (AvgIpc) is 2.71. The predicted octanol–water partition coefficient (Wildman–Crippen LogP) is 4.22. The molecule has 0 aliphatic carbocycles. The number of aryl methyl sites for hydroxylation is 2. The number of carbonyl (C=O) groups is 1. The van der Waals surface area contributed by atoms with Crippen LogP contribution in [0.15, 0.2) is 71.6 Å². The maximum Gasteiger partial charge on any atom is 0.261 e. The van der Waals surface area contributed by atoms with E-state index in [9.17, 15) is 17.6 Å². The highest BCUT2D eigenvalue weighted by molar-refractivity contribution is 7.92. The highest BCUT2D eigenvalue weighted by atomic mass is 32.2. The van der Waals surface area contributed by atoms with Crippen molar-refractivity contribution < 1.29 is 17.6 Å². The van der Waals surface area contributed by atoms with Crippen LogP contribution in [0.1, 0.15) is 27.0 Å². The number of carbonyl (C=O) groups excluding carboxylic acids is 1. The van der Waals surface area contributed by atoms with Gasteiger partial charge in [-0.2, -0.15) is 0 Å². The van der Waals surface area contributed by atoms with Gasteiger partial charge in [-0.1, -0.05) is 35.9 Å². The van der Waals surface area contributed by atoms with Crippen molar-refractivity contribution in [2.75, 3.05) is 11.3 Å². The number of nitrogens with one attached hydrogen (secondary N) is 2. The van der Waals surface area contributed by atoms with Crippen LogP contribution in [-0.2, 0) is 16.4 Å². The summed E-state index contributed by atoms with van der Waals surface area (Å²) >= 11 is 0. The molecule has 156 valence electrons. The molecule has 3 aromatic rings. The molecule has 0 atom stereocenters. The number of sulfonamides is 1. The maximum absolute atomic E-state index is 13.0. The van der Waals surface area contributed by atoms with Gasteiger partial charge in [-0.3, -0.25) is 9.52 Å². The number of halogens is 1. The van der Waals surface area contributed by atoms with Crippen molar-refractivity contribution in [3.8, 4) is 0 Å². The molecule has 0 bridgehead atoms. The Bertz CT molecular complexity index is 1140. The van der Waals surface area contributed by atoms with Gasteiger partial charge >= 0.3 is 0 Å². The van der Waals surface area contributed by atoms with Crippen LogP contribution in [0.2, 0.25) is 0 Å². The molecule has 0 unspecified atom stereocenters. The lowest BCUT2D eigenvalue weighted by Gasteiger charge is -2.12. The summed E-state index contributed by atoms with van der Waals surface area (Å²) in [6, 6.07) is 17.5. The van der Waals surface area contributed by atoms with Gasteiger partial charge in [0.05, 0.1) is 4.90 Å². The Hall–Kier alpha value is -3.19. The van der Waals surface area contributed by atoms with E-state index in [1.165, 1.54) is 24.3 Å². The first-order valence-corrected chi connectivity index (χ1v) is 11.0. The van der Waals surface area contributed by atoms with Gasteiger partial charge in [0.15, 0.2) is 0 Å². The number of rotatable bonds is 7. The molecule has 0 aliphatic rings. The normalized spacial score (nSPS) is 11.2. The summed E-state index contributed by atoms with van der Waals surface area (Å²) in [7, 11) is -3.83. The Balaban J connectivity index is 1.71. The lowest BCUT2D eigenvalue weighted by Crippen LogP contribution is -2.26. The van der Waals surface area contributed by atoms with Gasteiger partial charge in [-0.15, -0.1) is 0 Å². The van der Waals surface area contributed by atoms with Crippen LogP contribution in [0.25, 0.3) is 0 Å². The van der Waals surface area contributed by atoms with E-state index in [1.54, 1.807) is 37.3 Å². The fraction of sp³-hybridized carbons (Fsp3) is 0.174. The molecule has 0 radical (unpaired) electrons. The van der Waals surface area contributed by atoms with Gasteiger partial charge < -0.3 is 5.32 Å². The third kappa shape index (κ3) is 5.45. The fourth-order valence-electron chi connectivity index (χ4n) is 2.92. The Morgan fingerprint density at radius 2 is 1.60 bits per heavy atom. The van der Waals surface area contributed by atoms with Crippen LogP contribution in [-0.4, -0.2) is 20.9 Å². The van der Waals surface area contributed by atoms with Crippen molar-refractivity contribution in [3.63, 3.8) is 0 Å². The summed E-state index contributed by atoms with van der Waals surface area (Å²) < 4.78 is 40.9. The third-order valence-electron chi connectivity index (χ3n) is 4.68. The smallest absolute Gasteiger partial charge is 0.261 e. The first-order chi connectivity index (χ1) is 14.2. The molecule has 3 aromatic carbocycles. The second-order valence-electron chi connectivity index (χ2n) is 7.08. The van der Waals surface area contributed by atoms with Gasteiger partial charge in [-0.05, 0) is 67.8 Å². The van der Waals surface area contributed by atoms with Crippen LogP contribution in [0, 0.1) is 19.7 Å². The number of amides is 1. The Morgan fingerprint density at radius 1 is 0.933 bits per heavy atom. The Kier molecular flexibility index (Phi) is 6.52. The summed E-state index contributed by atoms with van der Waals surface area (Å²) in [6.45, 7) is 4.01. The van der Waals surface area contributed by atoms with E-state index in [0.717, 1.165) is 11.1 Å². The molecule has 0 aromatic heterocycles. The second kappa shape index (κ2) is 9.09. The minimum Gasteiger partial charge on any atom is -0.352 e. The summed E-state index contributed by atoms with van der Waals surface area (Å²) in [5.74, 6) is -0.669. The molecule has 0 saturated heterocycles. The monoisotopic (exact) mass is 426 g/mol. The minimum absolute atomic E-state index is 0.0114. The summed E-state index contributed by atoms with van der Waals surface area (Å²) in [5, 5.41) is 2.79. The van der Waals surface area contributed by atoms with E-state index in [2.05, 4.69) is 10.0 Å². The largest absolute Gasteiger partial charge is 0.352 e. The summed E-state index contributed by atoms with van der Waals surface area (Å²) in [4.78, 5) is 12.6. The molecule has 0 fully saturated rings. The molecule has 0 aliphatic heterocycles. The van der Waals surface area contributed by atoms with E-state index < -0.39 is 10.0 Å². The molecule has 0 spiro atoms. The van der Waals surface area contributed by atoms with Gasteiger partial charge in [-0.25, -0.2) is 12.8 Å². The standard InChI is InChI=1S/C23H23FN2O3S/c1-16-3-10-20(11-4-16)26-30(28,29)21-12-5-17(2)22(15-21)23(27)25-14-13-18-6-8-19(24)9-7-18/h3-12,15,26H,13-14H2,1-2H3,(H,25,27). The van der Waals surface area contributed by atoms with Crippen molar-refractivity contribution in [1.82, 2.24) is 5.32 Å². The molecule has 3 rings (SSSR count). The van der Waals surface area contributed by atoms with Crippen LogP contribution in [0.4, 0.5) is 10.1 Å². The maximum atomic E-state index is 13.0. The van der Waals surface area contributed by atoms with Gasteiger partial charge in [0.2, 0.25) is 0 Å². The molecular formula is C23H23FN2O3S. The van der Waals surface area contributed by atoms with Crippen molar-refractivity contribution in [2.24, 2.45) is 0 Å². The number of anilines is 1. The second-order valence-corrected chi connectivity index (χ2v) is 8.76. The summed E-state index contributed by atoms with van der Waals surface area (Å²) in [5.41, 5.74) is 3.33. The van der Waals surface area contributed by atoms with Gasteiger partial charge in [0, 0.05) is 17.8 Å². The van der Waals surface area contributed by atoms with Gasteiger partial charge in [0.1, 0.15) is 5.82 Å². The van der Waals surface area contributed by atoms with Crippen LogP contribution in [0.3, 0.4) is 0 Å². The van der Waals surface area contributed by atoms with Crippen molar-refractivity contribution >= 4 is 21.6 Å². The molecule has 7 heteroatoms. The van der Waals surface area contributed by atoms with Crippen LogP contribution < -0.4 is 10.0 Å². The van der Waals surface area contributed by atoms with Crippen molar-refractivity contribution in [3.05, 3.63) is 94.8 Å². The zero-order valence-electron chi connectivity index (χ0n) is 16.8. The third-order valence-corrected chi connectivity index (χ3v) is 6.06. The first-order valence-electron chi connectivity index (χ1n) is 9.47. The number of benzene rings is 3. The van der Waals surface area contributed by atoms with E-state index in [1.807, 2.05) is 19.1 Å². The van der Waals surface area contributed by atoms with Crippen LogP contribution in [0.5, 0.6) is 0 Å². The Morgan fingerprint density at radius 3 is 2.27 bits per heavy atom. The molecular weight excluding hydrogens is 403 g/mol. The predicted molar refractivity (Wildman–Crippen MR) is 116 cm³/mol. The van der Waals surface area contributed by atoms with E-state index in [-0.39, 0.29) is 16.6 Å². The topological polar surface area (TPSA) is 75.3 Å². The quantitative estimate of drug-likeness (QED) is 0.594. The van der Waals surface area contributed by atoms with Gasteiger partial charge in [0.25, 0.3) is 15.9 Å². The molecule has 1 amide bonds. The lowest BCUT2D eigenvalue weighted by molar-refractivity contribution is 0.0953. The molecule has 0 saturated carbocycles. The highest BCUT2D eigenvalue weighted by Crippen LogP contribution is 2.20. The SMILES string of the molecule is Cc1ccc(NS(=O)(=O)c2ccc(C)c(C(=O)NCCc3ccc(F)cc3)c2)cc1. The zero-order valence-corrected chi connectivity index (χ0v) is 17.6. The molecule has 30 heavy (non-hydrogen) atoms. The van der Waals surface area contributed by atoms with Crippen LogP contribution >= 0.6 is 0 Å². The highest BCUT2D eigenvalue weighted by Gasteiger charge is 2.18. The summed E-state index contributed by atoms with van der Waals surface area (Å²) in [6.07, 6.45) is 0.540. The molecule has 2 N–H and O–H groups in total. The fourth-order valence-corrected chi connectivity index (χ4v) is 4.00. The zero-order chi connectivity index (χ0) is 21.7. The van der Waals surface area contributed by atoms with Crippen molar-refractivity contribution in [1.29, 1.82) is 0 Å². The van der Waals surface area contributed by atoms with E-state index >= 15 is 0 Å². The number of hydrogen-bond donors (Lipinski definition) is 2. The van der Waals surface area contributed by atoms with E-state index in [0.29, 0.717) is 29.8 Å². The average molecular weight is 427 g/mol. The van der Waals surface area contributed by atoms with Crippen molar-refractivity contribution in [2.45, 2.75) is 25.2 Å². The molecule has 0 heterocycles. The lowest BCUT2D eigenvalue weighted by atomic mass is 10.1. The van der Waals surface area contributed by atoms with E-state index in [4.69, 9.17) is 0 Å². The Labute approximate surface area is 176 Å². The minimum atomic E-state index is -3.83.